The maximum absolute atomic E-state index is 6.20. The van der Waals surface area contributed by atoms with Crippen LogP contribution in [0, 0.1) is 5.41 Å². The van der Waals surface area contributed by atoms with E-state index in [4.69, 9.17) is 11.6 Å². The minimum absolute atomic E-state index is 0.194. The van der Waals surface area contributed by atoms with E-state index in [0.717, 1.165) is 16.6 Å². The third-order valence-electron chi connectivity index (χ3n) is 3.15. The Balaban J connectivity index is 2.30. The molecule has 112 valence electrons. The molecule has 0 saturated heterocycles. The average molecular weight is 368 g/mol. The summed E-state index contributed by atoms with van der Waals surface area (Å²) in [6.07, 6.45) is 2.70. The van der Waals surface area contributed by atoms with E-state index in [1.54, 1.807) is 6.20 Å². The first kappa shape index (κ1) is 16.3. The van der Waals surface area contributed by atoms with Crippen LogP contribution < -0.4 is 5.32 Å². The van der Waals surface area contributed by atoms with Gasteiger partial charge in [-0.15, -0.1) is 0 Å². The SMILES string of the molecule is CC(C)(C)CC(Nc1cc(Br)cnc1Cl)c1ccccc1. The Morgan fingerprint density at radius 2 is 1.90 bits per heavy atom. The summed E-state index contributed by atoms with van der Waals surface area (Å²) < 4.78 is 0.914. The van der Waals surface area contributed by atoms with Crippen LogP contribution in [0.4, 0.5) is 5.69 Å². The molecule has 4 heteroatoms. The van der Waals surface area contributed by atoms with Crippen LogP contribution in [0.3, 0.4) is 0 Å². The van der Waals surface area contributed by atoms with Crippen molar-refractivity contribution >= 4 is 33.2 Å². The first-order chi connectivity index (χ1) is 9.85. The summed E-state index contributed by atoms with van der Waals surface area (Å²) in [4.78, 5) is 4.18. The van der Waals surface area contributed by atoms with Gasteiger partial charge in [0.15, 0.2) is 5.15 Å². The highest BCUT2D eigenvalue weighted by Gasteiger charge is 2.21. The highest BCUT2D eigenvalue weighted by molar-refractivity contribution is 9.10. The number of halogens is 2. The van der Waals surface area contributed by atoms with E-state index in [1.165, 1.54) is 5.56 Å². The molecule has 2 aromatic rings. The van der Waals surface area contributed by atoms with Crippen LogP contribution in [-0.4, -0.2) is 4.98 Å². The van der Waals surface area contributed by atoms with E-state index in [9.17, 15) is 0 Å². The minimum atomic E-state index is 0.194. The quantitative estimate of drug-likeness (QED) is 0.662. The van der Waals surface area contributed by atoms with Gasteiger partial charge in [0.1, 0.15) is 0 Å². The molecule has 1 unspecified atom stereocenters. The fourth-order valence-corrected chi connectivity index (χ4v) is 2.75. The summed E-state index contributed by atoms with van der Waals surface area (Å²) in [5.41, 5.74) is 2.31. The number of pyridine rings is 1. The lowest BCUT2D eigenvalue weighted by molar-refractivity contribution is 0.352. The van der Waals surface area contributed by atoms with Crippen molar-refractivity contribution in [3.8, 4) is 0 Å². The molecule has 1 N–H and O–H groups in total. The second-order valence-corrected chi connectivity index (χ2v) is 7.64. The van der Waals surface area contributed by atoms with E-state index < -0.39 is 0 Å². The second-order valence-electron chi connectivity index (χ2n) is 6.36. The Kier molecular flexibility index (Phi) is 5.28. The number of benzene rings is 1. The summed E-state index contributed by atoms with van der Waals surface area (Å²) in [5, 5.41) is 4.03. The van der Waals surface area contributed by atoms with Crippen molar-refractivity contribution in [2.75, 3.05) is 5.32 Å². The number of anilines is 1. The van der Waals surface area contributed by atoms with Crippen molar-refractivity contribution in [1.82, 2.24) is 4.98 Å². The Bertz CT molecular complexity index is 593. The van der Waals surface area contributed by atoms with E-state index in [0.29, 0.717) is 5.15 Å². The molecule has 0 amide bonds. The smallest absolute Gasteiger partial charge is 0.152 e. The van der Waals surface area contributed by atoms with E-state index in [-0.39, 0.29) is 11.5 Å². The van der Waals surface area contributed by atoms with Crippen molar-refractivity contribution in [3.05, 3.63) is 57.8 Å². The first-order valence-electron chi connectivity index (χ1n) is 6.98. The van der Waals surface area contributed by atoms with E-state index in [2.05, 4.69) is 71.3 Å². The minimum Gasteiger partial charge on any atom is -0.376 e. The molecule has 0 aliphatic heterocycles. The maximum Gasteiger partial charge on any atom is 0.152 e. The molecular weight excluding hydrogens is 348 g/mol. The lowest BCUT2D eigenvalue weighted by Gasteiger charge is -2.28. The van der Waals surface area contributed by atoms with Crippen LogP contribution in [-0.2, 0) is 0 Å². The fourth-order valence-electron chi connectivity index (χ4n) is 2.26. The summed E-state index contributed by atoms with van der Waals surface area (Å²) in [6.45, 7) is 6.72. The summed E-state index contributed by atoms with van der Waals surface area (Å²) in [7, 11) is 0. The van der Waals surface area contributed by atoms with Gasteiger partial charge in [-0.1, -0.05) is 62.7 Å². The highest BCUT2D eigenvalue weighted by atomic mass is 79.9. The lowest BCUT2D eigenvalue weighted by atomic mass is 9.85. The molecule has 21 heavy (non-hydrogen) atoms. The zero-order valence-corrected chi connectivity index (χ0v) is 14.9. The Morgan fingerprint density at radius 3 is 2.52 bits per heavy atom. The molecule has 0 radical (unpaired) electrons. The van der Waals surface area contributed by atoms with Crippen molar-refractivity contribution in [1.29, 1.82) is 0 Å². The molecule has 0 aliphatic rings. The first-order valence-corrected chi connectivity index (χ1v) is 8.15. The Morgan fingerprint density at radius 1 is 1.24 bits per heavy atom. The van der Waals surface area contributed by atoms with Crippen molar-refractivity contribution < 1.29 is 0 Å². The molecule has 1 aromatic heterocycles. The van der Waals surface area contributed by atoms with Gasteiger partial charge in [-0.3, -0.25) is 0 Å². The van der Waals surface area contributed by atoms with Crippen LogP contribution in [0.25, 0.3) is 0 Å². The van der Waals surface area contributed by atoms with Gasteiger partial charge < -0.3 is 5.32 Å². The molecule has 0 aliphatic carbocycles. The normalized spacial score (nSPS) is 13.0. The number of hydrogen-bond acceptors (Lipinski definition) is 2. The van der Waals surface area contributed by atoms with Crippen molar-refractivity contribution in [2.45, 2.75) is 33.2 Å². The van der Waals surface area contributed by atoms with Crippen molar-refractivity contribution in [2.24, 2.45) is 5.41 Å². The standard InChI is InChI=1S/C17H20BrClN2/c1-17(2,3)10-15(12-7-5-4-6-8-12)21-14-9-13(18)11-20-16(14)19/h4-9,11,15,21H,10H2,1-3H3. The molecule has 0 bridgehead atoms. The summed E-state index contributed by atoms with van der Waals surface area (Å²) in [6, 6.07) is 12.6. The zero-order chi connectivity index (χ0) is 15.5. The number of nitrogens with zero attached hydrogens (tertiary/aromatic N) is 1. The van der Waals surface area contributed by atoms with Crippen LogP contribution in [0.15, 0.2) is 47.1 Å². The molecule has 1 aromatic carbocycles. The second kappa shape index (κ2) is 6.80. The fraction of sp³-hybridized carbons (Fsp3) is 0.353. The van der Waals surface area contributed by atoms with Gasteiger partial charge in [-0.25, -0.2) is 4.98 Å². The number of rotatable bonds is 4. The number of aromatic nitrogens is 1. The van der Waals surface area contributed by atoms with Gasteiger partial charge in [-0.2, -0.15) is 0 Å². The third kappa shape index (κ3) is 5.01. The predicted molar refractivity (Wildman–Crippen MR) is 93.8 cm³/mol. The summed E-state index contributed by atoms with van der Waals surface area (Å²) >= 11 is 9.65. The molecular formula is C17H20BrClN2. The lowest BCUT2D eigenvalue weighted by Crippen LogP contribution is -2.19. The topological polar surface area (TPSA) is 24.9 Å². The van der Waals surface area contributed by atoms with Gasteiger partial charge in [0.2, 0.25) is 0 Å². The van der Waals surface area contributed by atoms with E-state index >= 15 is 0 Å². The molecule has 0 saturated carbocycles. The molecule has 2 nitrogen and oxygen atoms in total. The Hall–Kier alpha value is -1.06. The largest absolute Gasteiger partial charge is 0.376 e. The van der Waals surface area contributed by atoms with Crippen LogP contribution in [0.2, 0.25) is 5.15 Å². The summed E-state index contributed by atoms with van der Waals surface area (Å²) in [5.74, 6) is 0. The van der Waals surface area contributed by atoms with Crippen LogP contribution in [0.1, 0.15) is 38.8 Å². The van der Waals surface area contributed by atoms with Gasteiger partial charge in [0.25, 0.3) is 0 Å². The van der Waals surface area contributed by atoms with Crippen LogP contribution in [0.5, 0.6) is 0 Å². The number of hydrogen-bond donors (Lipinski definition) is 1. The molecule has 1 heterocycles. The monoisotopic (exact) mass is 366 g/mol. The van der Waals surface area contributed by atoms with Gasteiger partial charge in [-0.05, 0) is 39.4 Å². The predicted octanol–water partition coefficient (Wildman–Crippen LogP) is 6.09. The van der Waals surface area contributed by atoms with Crippen LogP contribution >= 0.6 is 27.5 Å². The maximum atomic E-state index is 6.20. The van der Waals surface area contributed by atoms with Gasteiger partial charge in [0.05, 0.1) is 11.7 Å². The third-order valence-corrected chi connectivity index (χ3v) is 3.89. The van der Waals surface area contributed by atoms with Gasteiger partial charge in [0, 0.05) is 10.7 Å². The number of nitrogens with one attached hydrogen (secondary N) is 1. The average Bonchev–Trinajstić information content (AvgIpc) is 2.42. The zero-order valence-electron chi connectivity index (χ0n) is 12.5. The molecule has 2 rings (SSSR count). The molecule has 0 fully saturated rings. The van der Waals surface area contributed by atoms with E-state index in [1.807, 2.05) is 12.1 Å². The molecule has 1 atom stereocenters. The molecule has 0 spiro atoms. The van der Waals surface area contributed by atoms with Crippen molar-refractivity contribution in [3.63, 3.8) is 0 Å². The van der Waals surface area contributed by atoms with Gasteiger partial charge >= 0.3 is 0 Å². The Labute approximate surface area is 140 Å². The highest BCUT2D eigenvalue weighted by Crippen LogP contribution is 2.34.